The van der Waals surface area contributed by atoms with E-state index in [0.717, 1.165) is 5.56 Å². The molecule has 0 heterocycles. The molecule has 0 aromatic heterocycles. The Hall–Kier alpha value is -1.94. The van der Waals surface area contributed by atoms with Gasteiger partial charge in [0.1, 0.15) is 5.75 Å². The maximum absolute atomic E-state index is 12.4. The lowest BCUT2D eigenvalue weighted by Crippen LogP contribution is -2.37. The van der Waals surface area contributed by atoms with Crippen molar-refractivity contribution in [2.75, 3.05) is 13.3 Å². The van der Waals surface area contributed by atoms with Crippen LogP contribution in [0.15, 0.2) is 59.5 Å². The molecule has 4 heteroatoms. The molecule has 2 aromatic rings. The molecule has 0 aliphatic rings. The Balaban J connectivity index is 1.93. The molecule has 22 heavy (non-hydrogen) atoms. The van der Waals surface area contributed by atoms with Gasteiger partial charge in [-0.25, -0.2) is 0 Å². The number of ether oxygens (including phenoxy) is 1. The van der Waals surface area contributed by atoms with Crippen molar-refractivity contribution in [2.45, 2.75) is 24.5 Å². The Morgan fingerprint density at radius 1 is 1.14 bits per heavy atom. The summed E-state index contributed by atoms with van der Waals surface area (Å²) in [5, 5.41) is 0. The first-order valence-electron chi connectivity index (χ1n) is 7.20. The molecule has 0 aliphatic heterocycles. The minimum absolute atomic E-state index is 0.0298. The molecular formula is C18H21NO2S. The van der Waals surface area contributed by atoms with Crippen molar-refractivity contribution in [1.29, 1.82) is 0 Å². The normalized spacial score (nSPS) is 11.8. The predicted octanol–water partition coefficient (Wildman–Crippen LogP) is 3.83. The third kappa shape index (κ3) is 4.53. The largest absolute Gasteiger partial charge is 0.481 e. The van der Waals surface area contributed by atoms with Crippen LogP contribution >= 0.6 is 11.8 Å². The number of carbonyl (C=O) groups excluding carboxylic acids is 1. The molecule has 2 rings (SSSR count). The molecule has 0 saturated carbocycles. The van der Waals surface area contributed by atoms with Gasteiger partial charge in [-0.3, -0.25) is 4.79 Å². The maximum atomic E-state index is 12.4. The maximum Gasteiger partial charge on any atom is 0.263 e. The number of carbonyl (C=O) groups is 1. The lowest BCUT2D eigenvalue weighted by atomic mass is 10.2. The summed E-state index contributed by atoms with van der Waals surface area (Å²) in [6.07, 6.45) is 1.52. The number of nitrogens with zero attached hydrogens (tertiary/aromatic N) is 1. The fourth-order valence-electron chi connectivity index (χ4n) is 2.15. The summed E-state index contributed by atoms with van der Waals surface area (Å²) in [5.74, 6) is 0.685. The molecule has 1 atom stereocenters. The standard InChI is InChI=1S/C18H21NO2S/c1-14(21-16-9-11-17(22-3)12-10-16)18(20)19(2)13-15-7-5-4-6-8-15/h4-12,14H,13H2,1-3H3. The van der Waals surface area contributed by atoms with Gasteiger partial charge in [-0.1, -0.05) is 30.3 Å². The number of benzene rings is 2. The van der Waals surface area contributed by atoms with Crippen LogP contribution in [0.2, 0.25) is 0 Å². The van der Waals surface area contributed by atoms with E-state index in [1.165, 1.54) is 4.90 Å². The Bertz CT molecular complexity index is 598. The van der Waals surface area contributed by atoms with E-state index in [4.69, 9.17) is 4.74 Å². The fraction of sp³-hybridized carbons (Fsp3) is 0.278. The molecule has 0 spiro atoms. The third-order valence-corrected chi connectivity index (χ3v) is 4.10. The Morgan fingerprint density at radius 2 is 1.77 bits per heavy atom. The number of hydrogen-bond donors (Lipinski definition) is 0. The lowest BCUT2D eigenvalue weighted by Gasteiger charge is -2.22. The summed E-state index contributed by atoms with van der Waals surface area (Å²) in [5.41, 5.74) is 1.11. The van der Waals surface area contributed by atoms with Gasteiger partial charge in [0.2, 0.25) is 0 Å². The van der Waals surface area contributed by atoms with Gasteiger partial charge < -0.3 is 9.64 Å². The van der Waals surface area contributed by atoms with Crippen molar-refractivity contribution in [3.63, 3.8) is 0 Å². The molecule has 1 unspecified atom stereocenters. The molecule has 1 amide bonds. The van der Waals surface area contributed by atoms with Gasteiger partial charge in [0, 0.05) is 18.5 Å². The second kappa shape index (κ2) is 7.90. The van der Waals surface area contributed by atoms with Crippen LogP contribution in [-0.4, -0.2) is 30.2 Å². The predicted molar refractivity (Wildman–Crippen MR) is 91.2 cm³/mol. The third-order valence-electron chi connectivity index (χ3n) is 3.36. The molecule has 116 valence electrons. The molecule has 0 N–H and O–H groups in total. The first-order valence-corrected chi connectivity index (χ1v) is 8.42. The number of likely N-dealkylation sites (N-methyl/N-ethyl adjacent to an activating group) is 1. The van der Waals surface area contributed by atoms with E-state index >= 15 is 0 Å². The number of rotatable bonds is 6. The SMILES string of the molecule is CSc1ccc(OC(C)C(=O)N(C)Cc2ccccc2)cc1. The molecule has 0 aliphatic carbocycles. The minimum atomic E-state index is -0.506. The van der Waals surface area contributed by atoms with Gasteiger partial charge in [0.05, 0.1) is 0 Å². The van der Waals surface area contributed by atoms with E-state index in [-0.39, 0.29) is 5.91 Å². The van der Waals surface area contributed by atoms with E-state index in [1.54, 1.807) is 30.6 Å². The summed E-state index contributed by atoms with van der Waals surface area (Å²) in [7, 11) is 1.80. The highest BCUT2D eigenvalue weighted by molar-refractivity contribution is 7.98. The number of thioether (sulfide) groups is 1. The van der Waals surface area contributed by atoms with E-state index in [2.05, 4.69) is 0 Å². The topological polar surface area (TPSA) is 29.5 Å². The summed E-state index contributed by atoms with van der Waals surface area (Å²) >= 11 is 1.68. The molecule has 0 fully saturated rings. The molecular weight excluding hydrogens is 294 g/mol. The second-order valence-electron chi connectivity index (χ2n) is 5.12. The highest BCUT2D eigenvalue weighted by atomic mass is 32.2. The van der Waals surface area contributed by atoms with Gasteiger partial charge in [0.15, 0.2) is 6.10 Å². The summed E-state index contributed by atoms with van der Waals surface area (Å²) in [6, 6.07) is 17.7. The first kappa shape index (κ1) is 16.4. The summed E-state index contributed by atoms with van der Waals surface area (Å²) < 4.78 is 5.73. The van der Waals surface area contributed by atoms with Crippen molar-refractivity contribution in [3.05, 3.63) is 60.2 Å². The second-order valence-corrected chi connectivity index (χ2v) is 6.00. The smallest absolute Gasteiger partial charge is 0.263 e. The quantitative estimate of drug-likeness (QED) is 0.759. The van der Waals surface area contributed by atoms with Crippen molar-refractivity contribution < 1.29 is 9.53 Å². The van der Waals surface area contributed by atoms with Gasteiger partial charge in [-0.15, -0.1) is 11.8 Å². The van der Waals surface area contributed by atoms with Crippen LogP contribution in [0.1, 0.15) is 12.5 Å². The molecule has 0 saturated heterocycles. The first-order chi connectivity index (χ1) is 10.6. The van der Waals surface area contributed by atoms with Gasteiger partial charge in [0.25, 0.3) is 5.91 Å². The highest BCUT2D eigenvalue weighted by Gasteiger charge is 2.19. The average molecular weight is 315 g/mol. The van der Waals surface area contributed by atoms with Gasteiger partial charge >= 0.3 is 0 Å². The molecule has 2 aromatic carbocycles. The Kier molecular flexibility index (Phi) is 5.90. The van der Waals surface area contributed by atoms with Crippen LogP contribution in [0, 0.1) is 0 Å². The molecule has 0 bridgehead atoms. The minimum Gasteiger partial charge on any atom is -0.481 e. The van der Waals surface area contributed by atoms with Crippen LogP contribution in [0.5, 0.6) is 5.75 Å². The van der Waals surface area contributed by atoms with Crippen molar-refractivity contribution >= 4 is 17.7 Å². The van der Waals surface area contributed by atoms with E-state index < -0.39 is 6.10 Å². The van der Waals surface area contributed by atoms with Gasteiger partial charge in [-0.05, 0) is 43.0 Å². The van der Waals surface area contributed by atoms with Crippen molar-refractivity contribution in [1.82, 2.24) is 4.90 Å². The van der Waals surface area contributed by atoms with Crippen molar-refractivity contribution in [3.8, 4) is 5.75 Å². The highest BCUT2D eigenvalue weighted by Crippen LogP contribution is 2.20. The number of hydrogen-bond acceptors (Lipinski definition) is 3. The van der Waals surface area contributed by atoms with Crippen LogP contribution in [0.4, 0.5) is 0 Å². The lowest BCUT2D eigenvalue weighted by molar-refractivity contribution is -0.137. The van der Waals surface area contributed by atoms with Crippen LogP contribution in [0.3, 0.4) is 0 Å². The zero-order valence-electron chi connectivity index (χ0n) is 13.2. The van der Waals surface area contributed by atoms with E-state index in [0.29, 0.717) is 12.3 Å². The van der Waals surface area contributed by atoms with Crippen LogP contribution in [0.25, 0.3) is 0 Å². The van der Waals surface area contributed by atoms with E-state index in [1.807, 2.05) is 60.9 Å². The fourth-order valence-corrected chi connectivity index (χ4v) is 2.56. The van der Waals surface area contributed by atoms with Crippen molar-refractivity contribution in [2.24, 2.45) is 0 Å². The Labute approximate surface area is 136 Å². The average Bonchev–Trinajstić information content (AvgIpc) is 2.55. The van der Waals surface area contributed by atoms with E-state index in [9.17, 15) is 4.79 Å². The summed E-state index contributed by atoms with van der Waals surface area (Å²) in [4.78, 5) is 15.2. The van der Waals surface area contributed by atoms with Gasteiger partial charge in [-0.2, -0.15) is 0 Å². The summed E-state index contributed by atoms with van der Waals surface area (Å²) in [6.45, 7) is 2.37. The van der Waals surface area contributed by atoms with Crippen LogP contribution < -0.4 is 4.74 Å². The monoisotopic (exact) mass is 315 g/mol. The molecule has 3 nitrogen and oxygen atoms in total. The zero-order valence-corrected chi connectivity index (χ0v) is 14.0. The van der Waals surface area contributed by atoms with Crippen LogP contribution in [-0.2, 0) is 11.3 Å². The Morgan fingerprint density at radius 3 is 2.36 bits per heavy atom. The molecule has 0 radical (unpaired) electrons. The number of amides is 1. The zero-order chi connectivity index (χ0) is 15.9.